The number of likely N-dealkylation sites (N-methyl/N-ethyl adjacent to an activating group) is 1. The molecule has 0 radical (unpaired) electrons. The summed E-state index contributed by atoms with van der Waals surface area (Å²) in [6, 6.07) is 0. The molecule has 0 amide bonds. The monoisotopic (exact) mass is 257 g/mol. The topological polar surface area (TPSA) is 47.6 Å². The summed E-state index contributed by atoms with van der Waals surface area (Å²) < 4.78 is 10.5. The van der Waals surface area contributed by atoms with Crippen LogP contribution < -0.4 is 5.32 Å². The van der Waals surface area contributed by atoms with Crippen LogP contribution in [0.15, 0.2) is 0 Å². The lowest BCUT2D eigenvalue weighted by molar-refractivity contribution is -0.148. The van der Waals surface area contributed by atoms with E-state index in [0.29, 0.717) is 13.0 Å². The number of rotatable bonds is 7. The molecule has 4 nitrogen and oxygen atoms in total. The molecule has 106 valence electrons. The second kappa shape index (κ2) is 7.74. The quantitative estimate of drug-likeness (QED) is 0.560. The van der Waals surface area contributed by atoms with E-state index >= 15 is 0 Å². The summed E-state index contributed by atoms with van der Waals surface area (Å²) in [6.45, 7) is 3.28. The SMILES string of the molecule is CNC(C)(CCOCC1CCCCC1)C(=O)OC. The Kier molecular flexibility index (Phi) is 6.65. The molecule has 1 aliphatic rings. The first kappa shape index (κ1) is 15.4. The van der Waals surface area contributed by atoms with E-state index in [1.165, 1.54) is 39.2 Å². The van der Waals surface area contributed by atoms with Gasteiger partial charge in [0.05, 0.1) is 7.11 Å². The molecule has 18 heavy (non-hydrogen) atoms. The number of methoxy groups -OCH3 is 1. The highest BCUT2D eigenvalue weighted by Crippen LogP contribution is 2.23. The fourth-order valence-corrected chi connectivity index (χ4v) is 2.43. The fourth-order valence-electron chi connectivity index (χ4n) is 2.43. The van der Waals surface area contributed by atoms with Crippen molar-refractivity contribution in [2.24, 2.45) is 5.92 Å². The summed E-state index contributed by atoms with van der Waals surface area (Å²) in [5.41, 5.74) is -0.638. The molecular weight excluding hydrogens is 230 g/mol. The Morgan fingerprint density at radius 2 is 2.00 bits per heavy atom. The molecule has 0 aromatic carbocycles. The highest BCUT2D eigenvalue weighted by Gasteiger charge is 2.32. The summed E-state index contributed by atoms with van der Waals surface area (Å²) in [5, 5.41) is 3.01. The zero-order valence-electron chi connectivity index (χ0n) is 12.0. The molecule has 0 aromatic rings. The first-order valence-corrected chi connectivity index (χ1v) is 6.97. The lowest BCUT2D eigenvalue weighted by Crippen LogP contribution is -2.49. The van der Waals surface area contributed by atoms with Crippen molar-refractivity contribution in [2.45, 2.75) is 51.0 Å². The number of esters is 1. The summed E-state index contributed by atoms with van der Waals surface area (Å²) in [7, 11) is 3.19. The average Bonchev–Trinajstić information content (AvgIpc) is 2.43. The molecule has 1 fully saturated rings. The lowest BCUT2D eigenvalue weighted by Gasteiger charge is -2.27. The van der Waals surface area contributed by atoms with Gasteiger partial charge in [-0.1, -0.05) is 19.3 Å². The average molecular weight is 257 g/mol. The molecule has 0 aliphatic heterocycles. The van der Waals surface area contributed by atoms with Crippen LogP contribution in [0.1, 0.15) is 45.4 Å². The molecule has 0 heterocycles. The number of nitrogens with one attached hydrogen (secondary N) is 1. The summed E-state index contributed by atoms with van der Waals surface area (Å²) in [4.78, 5) is 11.6. The van der Waals surface area contributed by atoms with E-state index in [-0.39, 0.29) is 5.97 Å². The maximum atomic E-state index is 11.6. The minimum Gasteiger partial charge on any atom is -0.468 e. The van der Waals surface area contributed by atoms with E-state index < -0.39 is 5.54 Å². The number of hydrogen-bond donors (Lipinski definition) is 1. The zero-order chi connectivity index (χ0) is 13.4. The molecule has 1 N–H and O–H groups in total. The van der Waals surface area contributed by atoms with E-state index in [4.69, 9.17) is 9.47 Å². The van der Waals surface area contributed by atoms with Crippen LogP contribution in [-0.4, -0.2) is 38.9 Å². The van der Waals surface area contributed by atoms with E-state index in [2.05, 4.69) is 5.32 Å². The lowest BCUT2D eigenvalue weighted by atomic mass is 9.90. The summed E-state index contributed by atoms with van der Waals surface area (Å²) >= 11 is 0. The van der Waals surface area contributed by atoms with Gasteiger partial charge in [-0.3, -0.25) is 4.79 Å². The van der Waals surface area contributed by atoms with E-state index in [0.717, 1.165) is 12.5 Å². The largest absolute Gasteiger partial charge is 0.468 e. The fraction of sp³-hybridized carbons (Fsp3) is 0.929. The zero-order valence-corrected chi connectivity index (χ0v) is 12.0. The molecule has 0 aromatic heterocycles. The number of carbonyl (C=O) groups excluding carboxylic acids is 1. The Labute approximate surface area is 110 Å². The van der Waals surface area contributed by atoms with Gasteiger partial charge in [0.25, 0.3) is 0 Å². The molecule has 1 saturated carbocycles. The second-order valence-electron chi connectivity index (χ2n) is 5.40. The Bertz CT molecular complexity index is 251. The number of ether oxygens (including phenoxy) is 2. The van der Waals surface area contributed by atoms with Crippen LogP contribution in [0.2, 0.25) is 0 Å². The predicted molar refractivity (Wildman–Crippen MR) is 71.5 cm³/mol. The van der Waals surface area contributed by atoms with Crippen LogP contribution in [0, 0.1) is 5.92 Å². The van der Waals surface area contributed by atoms with Gasteiger partial charge in [0.15, 0.2) is 0 Å². The van der Waals surface area contributed by atoms with Crippen molar-refractivity contribution in [3.8, 4) is 0 Å². The number of hydrogen-bond acceptors (Lipinski definition) is 4. The van der Waals surface area contributed by atoms with Crippen molar-refractivity contribution < 1.29 is 14.3 Å². The van der Waals surface area contributed by atoms with E-state index in [1.54, 1.807) is 7.05 Å². The number of carbonyl (C=O) groups is 1. The molecule has 0 saturated heterocycles. The summed E-state index contributed by atoms with van der Waals surface area (Å²) in [6.07, 6.45) is 7.27. The van der Waals surface area contributed by atoms with Crippen molar-refractivity contribution in [1.29, 1.82) is 0 Å². The third-order valence-electron chi connectivity index (χ3n) is 4.01. The van der Waals surface area contributed by atoms with Crippen LogP contribution in [0.25, 0.3) is 0 Å². The van der Waals surface area contributed by atoms with Crippen LogP contribution in [0.3, 0.4) is 0 Å². The first-order valence-electron chi connectivity index (χ1n) is 6.97. The molecule has 1 unspecified atom stereocenters. The van der Waals surface area contributed by atoms with Gasteiger partial charge in [-0.15, -0.1) is 0 Å². The van der Waals surface area contributed by atoms with Crippen molar-refractivity contribution in [1.82, 2.24) is 5.32 Å². The van der Waals surface area contributed by atoms with Crippen molar-refractivity contribution in [3.63, 3.8) is 0 Å². The van der Waals surface area contributed by atoms with Crippen LogP contribution >= 0.6 is 0 Å². The van der Waals surface area contributed by atoms with Crippen LogP contribution in [0.4, 0.5) is 0 Å². The molecule has 1 atom stereocenters. The Morgan fingerprint density at radius 3 is 2.56 bits per heavy atom. The van der Waals surface area contributed by atoms with Gasteiger partial charge in [0.2, 0.25) is 0 Å². The van der Waals surface area contributed by atoms with E-state index in [9.17, 15) is 4.79 Å². The van der Waals surface area contributed by atoms with Gasteiger partial charge in [-0.2, -0.15) is 0 Å². The summed E-state index contributed by atoms with van der Waals surface area (Å²) in [5.74, 6) is 0.490. The maximum absolute atomic E-state index is 11.6. The van der Waals surface area contributed by atoms with Gasteiger partial charge in [-0.05, 0) is 39.2 Å². The maximum Gasteiger partial charge on any atom is 0.325 e. The van der Waals surface area contributed by atoms with Gasteiger partial charge < -0.3 is 14.8 Å². The van der Waals surface area contributed by atoms with Crippen LogP contribution in [0.5, 0.6) is 0 Å². The predicted octanol–water partition coefficient (Wildman–Crippen LogP) is 2.12. The first-order chi connectivity index (χ1) is 8.62. The Balaban J connectivity index is 2.20. The molecule has 1 aliphatic carbocycles. The highest BCUT2D eigenvalue weighted by atomic mass is 16.5. The third kappa shape index (κ3) is 4.58. The molecular formula is C14H27NO3. The molecule has 0 spiro atoms. The van der Waals surface area contributed by atoms with Crippen LogP contribution in [-0.2, 0) is 14.3 Å². The van der Waals surface area contributed by atoms with Gasteiger partial charge >= 0.3 is 5.97 Å². The standard InChI is InChI=1S/C14H27NO3/c1-14(15-2,13(16)17-3)9-10-18-11-12-7-5-4-6-8-12/h12,15H,4-11H2,1-3H3. The van der Waals surface area contributed by atoms with E-state index in [1.807, 2.05) is 6.92 Å². The molecule has 1 rings (SSSR count). The minimum absolute atomic E-state index is 0.230. The van der Waals surface area contributed by atoms with Gasteiger partial charge in [0, 0.05) is 13.2 Å². The van der Waals surface area contributed by atoms with Crippen molar-refractivity contribution in [2.75, 3.05) is 27.4 Å². The Morgan fingerprint density at radius 1 is 1.33 bits per heavy atom. The minimum atomic E-state index is -0.638. The van der Waals surface area contributed by atoms with Gasteiger partial charge in [0.1, 0.15) is 5.54 Å². The van der Waals surface area contributed by atoms with Gasteiger partial charge in [-0.25, -0.2) is 0 Å². The molecule has 0 bridgehead atoms. The normalized spacial score (nSPS) is 20.4. The third-order valence-corrected chi connectivity index (χ3v) is 4.01. The van der Waals surface area contributed by atoms with Crippen molar-refractivity contribution >= 4 is 5.97 Å². The van der Waals surface area contributed by atoms with Crippen molar-refractivity contribution in [3.05, 3.63) is 0 Å². The highest BCUT2D eigenvalue weighted by molar-refractivity contribution is 5.80. The smallest absolute Gasteiger partial charge is 0.325 e. The Hall–Kier alpha value is -0.610. The second-order valence-corrected chi connectivity index (χ2v) is 5.40. The molecule has 4 heteroatoms.